The zero-order chi connectivity index (χ0) is 16.1. The number of hydrogen-bond acceptors (Lipinski definition) is 2. The summed E-state index contributed by atoms with van der Waals surface area (Å²) in [4.78, 5) is 4.27. The predicted octanol–water partition coefficient (Wildman–Crippen LogP) is 3.97. The van der Waals surface area contributed by atoms with E-state index in [9.17, 15) is 4.39 Å². The molecular weight excluding hydrogens is 420 g/mol. The SMILES string of the molecule is CN=C(NCCCF)NC1CC2(CCCC2)Oc2ccccc21.I. The van der Waals surface area contributed by atoms with Gasteiger partial charge in [0, 0.05) is 25.6 Å². The first-order chi connectivity index (χ1) is 11.3. The second-order valence-corrected chi connectivity index (χ2v) is 6.47. The van der Waals surface area contributed by atoms with Crippen molar-refractivity contribution >= 4 is 29.9 Å². The molecule has 1 unspecified atom stereocenters. The summed E-state index contributed by atoms with van der Waals surface area (Å²) in [5.41, 5.74) is 1.14. The van der Waals surface area contributed by atoms with E-state index in [2.05, 4.69) is 27.8 Å². The van der Waals surface area contributed by atoms with Crippen LogP contribution >= 0.6 is 24.0 Å². The van der Waals surface area contributed by atoms with Crippen molar-refractivity contribution in [1.29, 1.82) is 0 Å². The first-order valence-electron chi connectivity index (χ1n) is 8.57. The number of alkyl halides is 1. The highest BCUT2D eigenvalue weighted by Crippen LogP contribution is 2.46. The van der Waals surface area contributed by atoms with Gasteiger partial charge in [-0.1, -0.05) is 18.2 Å². The van der Waals surface area contributed by atoms with Crippen molar-refractivity contribution in [3.8, 4) is 5.75 Å². The van der Waals surface area contributed by atoms with Crippen LogP contribution in [0.3, 0.4) is 0 Å². The molecule has 0 bridgehead atoms. The molecule has 0 radical (unpaired) electrons. The van der Waals surface area contributed by atoms with Crippen molar-refractivity contribution < 1.29 is 9.13 Å². The number of ether oxygens (including phenoxy) is 1. The number of rotatable bonds is 4. The minimum Gasteiger partial charge on any atom is -0.487 e. The van der Waals surface area contributed by atoms with Crippen LogP contribution in [-0.2, 0) is 0 Å². The number of hydrogen-bond donors (Lipinski definition) is 2. The Morgan fingerprint density at radius 2 is 2.08 bits per heavy atom. The minimum absolute atomic E-state index is 0. The second kappa shape index (κ2) is 8.87. The van der Waals surface area contributed by atoms with E-state index in [-0.39, 0.29) is 42.3 Å². The Morgan fingerprint density at radius 3 is 2.79 bits per heavy atom. The third kappa shape index (κ3) is 4.32. The van der Waals surface area contributed by atoms with Crippen LogP contribution in [0.1, 0.15) is 50.1 Å². The van der Waals surface area contributed by atoms with Crippen molar-refractivity contribution in [2.45, 2.75) is 50.2 Å². The van der Waals surface area contributed by atoms with E-state index in [1.165, 1.54) is 18.4 Å². The molecule has 1 aromatic carbocycles. The summed E-state index contributed by atoms with van der Waals surface area (Å²) in [5, 5.41) is 6.69. The molecule has 1 atom stereocenters. The number of halogens is 2. The summed E-state index contributed by atoms with van der Waals surface area (Å²) < 4.78 is 18.7. The highest BCUT2D eigenvalue weighted by Gasteiger charge is 2.43. The Labute approximate surface area is 160 Å². The molecule has 1 spiro atoms. The number of nitrogens with one attached hydrogen (secondary N) is 2. The molecule has 0 amide bonds. The van der Waals surface area contributed by atoms with Gasteiger partial charge >= 0.3 is 0 Å². The van der Waals surface area contributed by atoms with Gasteiger partial charge in [-0.25, -0.2) is 0 Å². The Bertz CT molecular complexity index is 561. The maximum absolute atomic E-state index is 12.3. The van der Waals surface area contributed by atoms with E-state index < -0.39 is 0 Å². The summed E-state index contributed by atoms with van der Waals surface area (Å²) in [5.74, 6) is 1.71. The fraction of sp³-hybridized carbons (Fsp3) is 0.611. The number of guanidine groups is 1. The molecule has 2 N–H and O–H groups in total. The maximum Gasteiger partial charge on any atom is 0.191 e. The highest BCUT2D eigenvalue weighted by atomic mass is 127. The largest absolute Gasteiger partial charge is 0.487 e. The van der Waals surface area contributed by atoms with Gasteiger partial charge in [-0.05, 0) is 38.2 Å². The van der Waals surface area contributed by atoms with Crippen LogP contribution < -0.4 is 15.4 Å². The van der Waals surface area contributed by atoms with Gasteiger partial charge in [0.15, 0.2) is 5.96 Å². The van der Waals surface area contributed by atoms with Crippen LogP contribution in [0.4, 0.5) is 4.39 Å². The topological polar surface area (TPSA) is 45.7 Å². The molecule has 1 saturated carbocycles. The van der Waals surface area contributed by atoms with Gasteiger partial charge in [-0.2, -0.15) is 0 Å². The molecule has 4 nitrogen and oxygen atoms in total. The van der Waals surface area contributed by atoms with Crippen LogP contribution in [-0.4, -0.2) is 31.8 Å². The third-order valence-electron chi connectivity index (χ3n) is 4.85. The van der Waals surface area contributed by atoms with E-state index in [4.69, 9.17) is 4.74 Å². The second-order valence-electron chi connectivity index (χ2n) is 6.47. The number of benzene rings is 1. The van der Waals surface area contributed by atoms with Gasteiger partial charge in [-0.3, -0.25) is 9.38 Å². The molecule has 2 aliphatic rings. The monoisotopic (exact) mass is 447 g/mol. The Balaban J connectivity index is 0.00000208. The fourth-order valence-electron chi connectivity index (χ4n) is 3.71. The van der Waals surface area contributed by atoms with Crippen LogP contribution in [0, 0.1) is 0 Å². The van der Waals surface area contributed by atoms with E-state index in [1.54, 1.807) is 7.05 Å². The molecular formula is C18H27FIN3O. The van der Waals surface area contributed by atoms with Crippen LogP contribution in [0.25, 0.3) is 0 Å². The number of para-hydroxylation sites is 1. The van der Waals surface area contributed by atoms with Crippen molar-refractivity contribution in [2.75, 3.05) is 20.3 Å². The Morgan fingerprint density at radius 1 is 1.33 bits per heavy atom. The number of aliphatic imine (C=N–C) groups is 1. The van der Waals surface area contributed by atoms with E-state index >= 15 is 0 Å². The van der Waals surface area contributed by atoms with E-state index in [0.717, 1.165) is 31.0 Å². The van der Waals surface area contributed by atoms with Gasteiger partial charge < -0.3 is 15.4 Å². The zero-order valence-corrected chi connectivity index (χ0v) is 16.5. The lowest BCUT2D eigenvalue weighted by Gasteiger charge is -2.40. The van der Waals surface area contributed by atoms with Gasteiger partial charge in [0.05, 0.1) is 12.7 Å². The lowest BCUT2D eigenvalue weighted by molar-refractivity contribution is 0.0396. The lowest BCUT2D eigenvalue weighted by Crippen LogP contribution is -2.46. The normalized spacial score (nSPS) is 21.6. The van der Waals surface area contributed by atoms with Crippen LogP contribution in [0.5, 0.6) is 5.75 Å². The zero-order valence-electron chi connectivity index (χ0n) is 14.2. The molecule has 6 heteroatoms. The minimum atomic E-state index is -0.312. The standard InChI is InChI=1S/C18H26FN3O.HI/c1-20-17(21-12-6-11-19)22-15-13-18(9-4-5-10-18)23-16-8-3-2-7-14(15)16;/h2-3,7-8,15H,4-6,9-13H2,1H3,(H2,20,21,22);1H. The predicted molar refractivity (Wildman–Crippen MR) is 106 cm³/mol. The average molecular weight is 447 g/mol. The Hall–Kier alpha value is -1.05. The maximum atomic E-state index is 12.3. The fourth-order valence-corrected chi connectivity index (χ4v) is 3.71. The molecule has 1 aliphatic carbocycles. The van der Waals surface area contributed by atoms with Gasteiger partial charge in [0.1, 0.15) is 11.4 Å². The Kier molecular flexibility index (Phi) is 7.13. The summed E-state index contributed by atoms with van der Waals surface area (Å²) in [7, 11) is 1.75. The summed E-state index contributed by atoms with van der Waals surface area (Å²) in [6.07, 6.45) is 6.15. The molecule has 1 fully saturated rings. The number of fused-ring (bicyclic) bond motifs is 1. The van der Waals surface area contributed by atoms with Gasteiger partial charge in [0.25, 0.3) is 0 Å². The molecule has 24 heavy (non-hydrogen) atoms. The summed E-state index contributed by atoms with van der Waals surface area (Å²) >= 11 is 0. The average Bonchev–Trinajstić information content (AvgIpc) is 3.01. The molecule has 1 aliphatic heterocycles. The van der Waals surface area contributed by atoms with Gasteiger partial charge in [-0.15, -0.1) is 24.0 Å². The van der Waals surface area contributed by atoms with Crippen molar-refractivity contribution in [3.05, 3.63) is 29.8 Å². The van der Waals surface area contributed by atoms with E-state index in [0.29, 0.717) is 13.0 Å². The van der Waals surface area contributed by atoms with Gasteiger partial charge in [0.2, 0.25) is 0 Å². The van der Waals surface area contributed by atoms with Crippen LogP contribution in [0.2, 0.25) is 0 Å². The molecule has 3 rings (SSSR count). The highest BCUT2D eigenvalue weighted by molar-refractivity contribution is 14.0. The first-order valence-corrected chi connectivity index (χ1v) is 8.57. The quantitative estimate of drug-likeness (QED) is 0.318. The molecule has 1 aromatic rings. The smallest absolute Gasteiger partial charge is 0.191 e. The lowest BCUT2D eigenvalue weighted by atomic mass is 9.86. The summed E-state index contributed by atoms with van der Waals surface area (Å²) in [6, 6.07) is 8.42. The molecule has 0 aromatic heterocycles. The first kappa shape index (κ1) is 19.3. The van der Waals surface area contributed by atoms with Crippen molar-refractivity contribution in [1.82, 2.24) is 10.6 Å². The molecule has 0 saturated heterocycles. The molecule has 134 valence electrons. The molecule has 1 heterocycles. The third-order valence-corrected chi connectivity index (χ3v) is 4.85. The van der Waals surface area contributed by atoms with E-state index in [1.807, 2.05) is 12.1 Å². The number of nitrogens with zero attached hydrogens (tertiary/aromatic N) is 1. The summed E-state index contributed by atoms with van der Waals surface area (Å²) in [6.45, 7) is 0.277. The van der Waals surface area contributed by atoms with Crippen molar-refractivity contribution in [2.24, 2.45) is 4.99 Å². The van der Waals surface area contributed by atoms with Crippen LogP contribution in [0.15, 0.2) is 29.3 Å². The van der Waals surface area contributed by atoms with Crippen molar-refractivity contribution in [3.63, 3.8) is 0 Å².